The summed E-state index contributed by atoms with van der Waals surface area (Å²) < 4.78 is 28.0. The molecule has 5 nitrogen and oxygen atoms in total. The van der Waals surface area contributed by atoms with E-state index in [1.165, 1.54) is 0 Å². The van der Waals surface area contributed by atoms with Gasteiger partial charge in [0.1, 0.15) is 0 Å². The maximum atomic E-state index is 12.7. The van der Waals surface area contributed by atoms with E-state index in [1.807, 2.05) is 45.9 Å². The van der Waals surface area contributed by atoms with Crippen molar-refractivity contribution >= 4 is 27.3 Å². The maximum Gasteiger partial charge on any atom is 0.261 e. The summed E-state index contributed by atoms with van der Waals surface area (Å²) in [6.45, 7) is 8.32. The summed E-state index contributed by atoms with van der Waals surface area (Å²) in [6.07, 6.45) is 1.64. The molecule has 0 saturated heterocycles. The molecular formula is C21H26N2O3S. The molecule has 144 valence electrons. The summed E-state index contributed by atoms with van der Waals surface area (Å²) in [7, 11) is -3.68. The number of rotatable bonds is 4. The van der Waals surface area contributed by atoms with Gasteiger partial charge in [0.15, 0.2) is 0 Å². The molecule has 0 radical (unpaired) electrons. The third-order valence-corrected chi connectivity index (χ3v) is 6.16. The second-order valence-corrected chi connectivity index (χ2v) is 9.59. The van der Waals surface area contributed by atoms with Crippen LogP contribution in [0.3, 0.4) is 0 Å². The first-order valence-electron chi connectivity index (χ1n) is 9.18. The van der Waals surface area contributed by atoms with Crippen LogP contribution in [0.2, 0.25) is 0 Å². The van der Waals surface area contributed by atoms with E-state index in [2.05, 4.69) is 4.72 Å². The molecule has 2 aromatic rings. The summed E-state index contributed by atoms with van der Waals surface area (Å²) in [5, 5.41) is 0. The van der Waals surface area contributed by atoms with Crippen LogP contribution in [0.1, 0.15) is 38.8 Å². The Morgan fingerprint density at radius 3 is 2.37 bits per heavy atom. The molecule has 6 heteroatoms. The van der Waals surface area contributed by atoms with Gasteiger partial charge in [-0.25, -0.2) is 8.42 Å². The summed E-state index contributed by atoms with van der Waals surface area (Å²) >= 11 is 0. The highest BCUT2D eigenvalue weighted by Gasteiger charge is 2.32. The third kappa shape index (κ3) is 4.00. The third-order valence-electron chi connectivity index (χ3n) is 4.76. The van der Waals surface area contributed by atoms with Crippen LogP contribution >= 0.6 is 0 Å². The molecule has 0 spiro atoms. The molecule has 2 aromatic carbocycles. The highest BCUT2D eigenvalue weighted by molar-refractivity contribution is 7.92. The Balaban J connectivity index is 1.87. The van der Waals surface area contributed by atoms with Gasteiger partial charge in [-0.15, -0.1) is 0 Å². The Hall–Kier alpha value is -2.34. The van der Waals surface area contributed by atoms with Crippen LogP contribution < -0.4 is 9.62 Å². The fourth-order valence-corrected chi connectivity index (χ4v) is 4.23. The predicted octanol–water partition coefficient (Wildman–Crippen LogP) is 3.99. The monoisotopic (exact) mass is 386 g/mol. The van der Waals surface area contributed by atoms with Gasteiger partial charge < -0.3 is 4.90 Å². The minimum absolute atomic E-state index is 0.0383. The molecule has 3 rings (SSSR count). The number of carbonyl (C=O) groups excluding carboxylic acids is 1. The van der Waals surface area contributed by atoms with Gasteiger partial charge >= 0.3 is 0 Å². The Labute approximate surface area is 161 Å². The summed E-state index contributed by atoms with van der Waals surface area (Å²) in [4.78, 5) is 14.7. The lowest BCUT2D eigenvalue weighted by Gasteiger charge is -2.26. The molecule has 27 heavy (non-hydrogen) atoms. The maximum absolute atomic E-state index is 12.7. The largest absolute Gasteiger partial charge is 0.311 e. The minimum atomic E-state index is -3.68. The van der Waals surface area contributed by atoms with Gasteiger partial charge in [-0.3, -0.25) is 9.52 Å². The number of amides is 1. The lowest BCUT2D eigenvalue weighted by molar-refractivity contribution is -0.125. The average Bonchev–Trinajstić information content (AvgIpc) is 3.03. The van der Waals surface area contributed by atoms with Crippen molar-refractivity contribution in [2.75, 3.05) is 16.2 Å². The van der Waals surface area contributed by atoms with E-state index in [0.717, 1.165) is 29.7 Å². The molecule has 0 fully saturated rings. The van der Waals surface area contributed by atoms with Crippen molar-refractivity contribution in [3.63, 3.8) is 0 Å². The molecule has 1 amide bonds. The molecular weight excluding hydrogens is 360 g/mol. The number of aryl methyl sites for hydroxylation is 1. The smallest absolute Gasteiger partial charge is 0.261 e. The van der Waals surface area contributed by atoms with E-state index < -0.39 is 15.4 Å². The molecule has 1 N–H and O–H groups in total. The second-order valence-electron chi connectivity index (χ2n) is 7.90. The molecule has 0 bridgehead atoms. The molecule has 0 aromatic heterocycles. The zero-order chi connectivity index (χ0) is 19.8. The molecule has 1 aliphatic rings. The molecule has 0 saturated carbocycles. The number of hydrogen-bond donors (Lipinski definition) is 1. The highest BCUT2D eigenvalue weighted by Crippen LogP contribution is 2.34. The van der Waals surface area contributed by atoms with Gasteiger partial charge in [-0.05, 0) is 48.2 Å². The van der Waals surface area contributed by atoms with Crippen molar-refractivity contribution in [2.24, 2.45) is 5.41 Å². The summed E-state index contributed by atoms with van der Waals surface area (Å²) in [5.41, 5.74) is 2.90. The van der Waals surface area contributed by atoms with Crippen LogP contribution in [0.15, 0.2) is 47.4 Å². The van der Waals surface area contributed by atoms with E-state index >= 15 is 0 Å². The average molecular weight is 387 g/mol. The molecule has 1 aliphatic heterocycles. The van der Waals surface area contributed by atoms with Crippen LogP contribution in [0.4, 0.5) is 11.4 Å². The first-order valence-corrected chi connectivity index (χ1v) is 10.7. The SMILES string of the molecule is CCc1ccc(S(=O)(=O)Nc2ccc3c(c2)N(C(=O)C(C)(C)C)CC3)cc1. The number of carbonyl (C=O) groups is 1. The van der Waals surface area contributed by atoms with Crippen molar-refractivity contribution < 1.29 is 13.2 Å². The fourth-order valence-electron chi connectivity index (χ4n) is 3.18. The number of fused-ring (bicyclic) bond motifs is 1. The van der Waals surface area contributed by atoms with E-state index in [4.69, 9.17) is 0 Å². The van der Waals surface area contributed by atoms with E-state index in [9.17, 15) is 13.2 Å². The first-order chi connectivity index (χ1) is 12.6. The number of nitrogens with zero attached hydrogens (tertiary/aromatic N) is 1. The highest BCUT2D eigenvalue weighted by atomic mass is 32.2. The Bertz CT molecular complexity index is 958. The summed E-state index contributed by atoms with van der Waals surface area (Å²) in [6, 6.07) is 12.3. The van der Waals surface area contributed by atoms with Gasteiger partial charge in [0.2, 0.25) is 5.91 Å². The minimum Gasteiger partial charge on any atom is -0.311 e. The molecule has 0 atom stereocenters. The van der Waals surface area contributed by atoms with Crippen LogP contribution in [0.5, 0.6) is 0 Å². The molecule has 0 unspecified atom stereocenters. The van der Waals surface area contributed by atoms with Crippen LogP contribution in [0, 0.1) is 5.41 Å². The lowest BCUT2D eigenvalue weighted by atomic mass is 9.94. The van der Waals surface area contributed by atoms with Crippen LogP contribution in [-0.2, 0) is 27.7 Å². The standard InChI is InChI=1S/C21H26N2O3S/c1-5-15-6-10-18(11-7-15)27(25,26)22-17-9-8-16-12-13-23(19(16)14-17)20(24)21(2,3)4/h6-11,14,22H,5,12-13H2,1-4H3. The van der Waals surface area contributed by atoms with Crippen molar-refractivity contribution in [1.82, 2.24) is 0 Å². The molecule has 1 heterocycles. The Kier molecular flexibility index (Phi) is 5.04. The van der Waals surface area contributed by atoms with Gasteiger partial charge in [0.25, 0.3) is 10.0 Å². The van der Waals surface area contributed by atoms with Gasteiger partial charge in [0.05, 0.1) is 10.6 Å². The second kappa shape index (κ2) is 7.00. The normalized spacial score (nSPS) is 14.1. The number of hydrogen-bond acceptors (Lipinski definition) is 3. The van der Waals surface area contributed by atoms with Gasteiger partial charge in [-0.2, -0.15) is 0 Å². The van der Waals surface area contributed by atoms with Crippen molar-refractivity contribution in [3.05, 3.63) is 53.6 Å². The van der Waals surface area contributed by atoms with Crippen molar-refractivity contribution in [2.45, 2.75) is 45.4 Å². The number of nitrogens with one attached hydrogen (secondary N) is 1. The number of sulfonamides is 1. The number of anilines is 2. The van der Waals surface area contributed by atoms with E-state index in [1.54, 1.807) is 29.2 Å². The summed E-state index contributed by atoms with van der Waals surface area (Å²) in [5.74, 6) is 0.0383. The van der Waals surface area contributed by atoms with Crippen LogP contribution in [-0.4, -0.2) is 20.9 Å². The Morgan fingerprint density at radius 1 is 1.11 bits per heavy atom. The Morgan fingerprint density at radius 2 is 1.78 bits per heavy atom. The topological polar surface area (TPSA) is 66.5 Å². The number of benzene rings is 2. The molecule has 0 aliphatic carbocycles. The lowest BCUT2D eigenvalue weighted by Crippen LogP contribution is -2.38. The first kappa shape index (κ1) is 19.4. The zero-order valence-electron chi connectivity index (χ0n) is 16.2. The fraction of sp³-hybridized carbons (Fsp3) is 0.381. The van der Waals surface area contributed by atoms with Gasteiger partial charge in [0, 0.05) is 17.6 Å². The predicted molar refractivity (Wildman–Crippen MR) is 109 cm³/mol. The van der Waals surface area contributed by atoms with E-state index in [0.29, 0.717) is 12.2 Å². The quantitative estimate of drug-likeness (QED) is 0.864. The van der Waals surface area contributed by atoms with Crippen molar-refractivity contribution in [3.8, 4) is 0 Å². The van der Waals surface area contributed by atoms with Crippen molar-refractivity contribution in [1.29, 1.82) is 0 Å². The van der Waals surface area contributed by atoms with Gasteiger partial charge in [-0.1, -0.05) is 45.9 Å². The van der Waals surface area contributed by atoms with Crippen LogP contribution in [0.25, 0.3) is 0 Å². The van der Waals surface area contributed by atoms with E-state index in [-0.39, 0.29) is 10.8 Å². The zero-order valence-corrected chi connectivity index (χ0v) is 17.1.